The van der Waals surface area contributed by atoms with E-state index in [9.17, 15) is 14.4 Å². The first kappa shape index (κ1) is 20.7. The highest BCUT2D eigenvalue weighted by Crippen LogP contribution is 2.29. The van der Waals surface area contributed by atoms with Gasteiger partial charge in [0.15, 0.2) is 0 Å². The minimum Gasteiger partial charge on any atom is -0.321 e. The van der Waals surface area contributed by atoms with E-state index in [4.69, 9.17) is 0 Å². The van der Waals surface area contributed by atoms with Crippen molar-refractivity contribution >= 4 is 57.3 Å². The lowest BCUT2D eigenvalue weighted by Crippen LogP contribution is -2.44. The van der Waals surface area contributed by atoms with Crippen LogP contribution in [0.15, 0.2) is 66.0 Å². The first-order valence-electron chi connectivity index (χ1n) is 9.46. The van der Waals surface area contributed by atoms with Crippen LogP contribution in [0.3, 0.4) is 0 Å². The molecule has 0 aliphatic carbocycles. The molecule has 152 valence electrons. The Morgan fingerprint density at radius 2 is 1.80 bits per heavy atom. The highest BCUT2D eigenvalue weighted by Gasteiger charge is 2.44. The lowest BCUT2D eigenvalue weighted by atomic mass is 10.1. The van der Waals surface area contributed by atoms with Gasteiger partial charge in [-0.1, -0.05) is 35.9 Å². The zero-order valence-corrected chi connectivity index (χ0v) is 19.2. The van der Waals surface area contributed by atoms with Gasteiger partial charge >= 0.3 is 0 Å². The normalized spacial score (nSPS) is 16.2. The van der Waals surface area contributed by atoms with Gasteiger partial charge in [-0.05, 0) is 70.8 Å². The van der Waals surface area contributed by atoms with Crippen LogP contribution >= 0.6 is 33.9 Å². The lowest BCUT2D eigenvalue weighted by molar-refractivity contribution is -0.122. The number of imide groups is 1. The summed E-state index contributed by atoms with van der Waals surface area (Å²) in [5.74, 6) is -0.890. The van der Waals surface area contributed by atoms with Crippen LogP contribution in [-0.2, 0) is 16.1 Å². The van der Waals surface area contributed by atoms with Crippen LogP contribution in [0.1, 0.15) is 27.2 Å². The maximum atomic E-state index is 13.3. The van der Waals surface area contributed by atoms with E-state index in [0.717, 1.165) is 14.7 Å². The molecule has 1 atom stereocenters. The Hall–Kier alpha value is -2.52. The maximum absolute atomic E-state index is 13.3. The van der Waals surface area contributed by atoms with Crippen LogP contribution in [0.4, 0.5) is 5.69 Å². The van der Waals surface area contributed by atoms with Gasteiger partial charge in [0, 0.05) is 10.1 Å². The Morgan fingerprint density at radius 1 is 1.10 bits per heavy atom. The summed E-state index contributed by atoms with van der Waals surface area (Å²) in [6.45, 7) is 2.26. The summed E-state index contributed by atoms with van der Waals surface area (Å²) in [5, 5.41) is 1.83. The van der Waals surface area contributed by atoms with Gasteiger partial charge < -0.3 is 4.90 Å². The zero-order chi connectivity index (χ0) is 21.3. The molecule has 1 fully saturated rings. The van der Waals surface area contributed by atoms with Gasteiger partial charge in [0.05, 0.1) is 17.0 Å². The van der Waals surface area contributed by atoms with E-state index < -0.39 is 6.04 Å². The largest absolute Gasteiger partial charge is 0.321 e. The highest BCUT2D eigenvalue weighted by molar-refractivity contribution is 14.1. The molecule has 30 heavy (non-hydrogen) atoms. The molecule has 0 spiro atoms. The monoisotopic (exact) mass is 530 g/mol. The SMILES string of the molecule is Cc1ccc(CN(C(=O)c2cccs2)C2CC(=O)N(c3ccc(I)cc3)C2=O)cc1. The molecule has 7 heteroatoms. The van der Waals surface area contributed by atoms with Crippen molar-refractivity contribution < 1.29 is 14.4 Å². The number of amides is 3. The predicted octanol–water partition coefficient (Wildman–Crippen LogP) is 4.64. The number of carbonyl (C=O) groups is 3. The molecule has 1 aromatic heterocycles. The quantitative estimate of drug-likeness (QED) is 0.357. The van der Waals surface area contributed by atoms with Gasteiger partial charge in [0.2, 0.25) is 5.91 Å². The van der Waals surface area contributed by atoms with Crippen molar-refractivity contribution in [3.8, 4) is 0 Å². The van der Waals surface area contributed by atoms with E-state index in [1.165, 1.54) is 21.1 Å². The summed E-state index contributed by atoms with van der Waals surface area (Å²) < 4.78 is 1.01. The molecule has 0 saturated carbocycles. The van der Waals surface area contributed by atoms with E-state index in [2.05, 4.69) is 22.6 Å². The molecule has 5 nitrogen and oxygen atoms in total. The second-order valence-electron chi connectivity index (χ2n) is 7.16. The van der Waals surface area contributed by atoms with Gasteiger partial charge in [0.1, 0.15) is 6.04 Å². The Balaban J connectivity index is 1.66. The molecule has 1 aliphatic heterocycles. The van der Waals surface area contributed by atoms with Gasteiger partial charge in [-0.25, -0.2) is 4.90 Å². The molecular weight excluding hydrogens is 511 g/mol. The molecule has 1 saturated heterocycles. The fraction of sp³-hybridized carbons (Fsp3) is 0.174. The first-order valence-corrected chi connectivity index (χ1v) is 11.4. The topological polar surface area (TPSA) is 57.7 Å². The van der Waals surface area contributed by atoms with Crippen molar-refractivity contribution in [1.29, 1.82) is 0 Å². The molecule has 2 heterocycles. The second-order valence-corrected chi connectivity index (χ2v) is 9.35. The summed E-state index contributed by atoms with van der Waals surface area (Å²) in [7, 11) is 0. The molecule has 0 N–H and O–H groups in total. The number of hydrogen-bond donors (Lipinski definition) is 0. The Bertz CT molecular complexity index is 1080. The van der Waals surface area contributed by atoms with E-state index in [1.807, 2.05) is 54.8 Å². The molecule has 0 bridgehead atoms. The van der Waals surface area contributed by atoms with E-state index in [-0.39, 0.29) is 30.7 Å². The van der Waals surface area contributed by atoms with Crippen LogP contribution < -0.4 is 4.90 Å². The van der Waals surface area contributed by atoms with Gasteiger partial charge in [-0.2, -0.15) is 0 Å². The molecule has 3 aromatic rings. The molecule has 3 amide bonds. The first-order chi connectivity index (χ1) is 14.4. The molecule has 1 unspecified atom stereocenters. The number of anilines is 1. The lowest BCUT2D eigenvalue weighted by Gasteiger charge is -2.27. The molecule has 4 rings (SSSR count). The van der Waals surface area contributed by atoms with Crippen LogP contribution in [0, 0.1) is 10.5 Å². The second kappa shape index (κ2) is 8.69. The van der Waals surface area contributed by atoms with Gasteiger partial charge in [0.25, 0.3) is 11.8 Å². The minimum absolute atomic E-state index is 0.0200. The number of hydrogen-bond acceptors (Lipinski definition) is 4. The minimum atomic E-state index is -0.826. The number of aryl methyl sites for hydroxylation is 1. The van der Waals surface area contributed by atoms with Gasteiger partial charge in [-0.3, -0.25) is 14.4 Å². The van der Waals surface area contributed by atoms with Crippen LogP contribution in [0.5, 0.6) is 0 Å². The third-order valence-corrected chi connectivity index (χ3v) is 6.63. The van der Waals surface area contributed by atoms with Crippen LogP contribution in [0.2, 0.25) is 0 Å². The smallest absolute Gasteiger partial charge is 0.264 e. The Morgan fingerprint density at radius 3 is 2.43 bits per heavy atom. The summed E-state index contributed by atoms with van der Waals surface area (Å²) in [6.07, 6.45) is -0.0200. The summed E-state index contributed by atoms with van der Waals surface area (Å²) in [4.78, 5) is 42.6. The zero-order valence-electron chi connectivity index (χ0n) is 16.2. The summed E-state index contributed by atoms with van der Waals surface area (Å²) in [6, 6.07) is 17.8. The number of halogens is 1. The fourth-order valence-electron chi connectivity index (χ4n) is 3.48. The maximum Gasteiger partial charge on any atom is 0.264 e. The molecule has 2 aromatic carbocycles. The van der Waals surface area contributed by atoms with Crippen molar-refractivity contribution in [2.24, 2.45) is 0 Å². The average Bonchev–Trinajstić information content (AvgIpc) is 3.37. The molecule has 0 radical (unpaired) electrons. The number of nitrogens with zero attached hydrogens (tertiary/aromatic N) is 2. The van der Waals surface area contributed by atoms with Crippen molar-refractivity contribution in [2.45, 2.75) is 25.9 Å². The van der Waals surface area contributed by atoms with Crippen molar-refractivity contribution in [1.82, 2.24) is 4.90 Å². The molecular formula is C23H19IN2O3S. The number of carbonyl (C=O) groups excluding carboxylic acids is 3. The van der Waals surface area contributed by atoms with Crippen LogP contribution in [-0.4, -0.2) is 28.7 Å². The van der Waals surface area contributed by atoms with Crippen molar-refractivity contribution in [3.05, 3.63) is 85.6 Å². The van der Waals surface area contributed by atoms with E-state index >= 15 is 0 Å². The van der Waals surface area contributed by atoms with Crippen LogP contribution in [0.25, 0.3) is 0 Å². The van der Waals surface area contributed by atoms with Crippen molar-refractivity contribution in [2.75, 3.05) is 4.90 Å². The number of benzene rings is 2. The summed E-state index contributed by atoms with van der Waals surface area (Å²) >= 11 is 3.50. The third-order valence-electron chi connectivity index (χ3n) is 5.05. The van der Waals surface area contributed by atoms with Gasteiger partial charge in [-0.15, -0.1) is 11.3 Å². The van der Waals surface area contributed by atoms with Crippen molar-refractivity contribution in [3.63, 3.8) is 0 Å². The average molecular weight is 530 g/mol. The predicted molar refractivity (Wildman–Crippen MR) is 125 cm³/mol. The Labute approximate surface area is 192 Å². The fourth-order valence-corrected chi connectivity index (χ4v) is 4.51. The third kappa shape index (κ3) is 4.17. The van der Waals surface area contributed by atoms with E-state index in [1.54, 1.807) is 18.2 Å². The highest BCUT2D eigenvalue weighted by atomic mass is 127. The Kier molecular flexibility index (Phi) is 6.01. The molecule has 1 aliphatic rings. The number of thiophene rings is 1. The number of rotatable bonds is 5. The summed E-state index contributed by atoms with van der Waals surface area (Å²) in [5.41, 5.74) is 2.57. The standard InChI is InChI=1S/C23H19IN2O3S/c1-15-4-6-16(7-5-15)14-25(23(29)20-3-2-12-30-20)19-13-21(27)26(22(19)28)18-10-8-17(24)9-11-18/h2-12,19H,13-14H2,1H3. The van der Waals surface area contributed by atoms with E-state index in [0.29, 0.717) is 10.6 Å².